The molecule has 1 aromatic heterocycles. The number of carbonyl (C=O) groups is 1. The first kappa shape index (κ1) is 15.4. The molecule has 0 saturated heterocycles. The van der Waals surface area contributed by atoms with Crippen LogP contribution >= 0.6 is 31.9 Å². The topological polar surface area (TPSA) is 108 Å². The normalized spacial score (nSPS) is 10.8. The average Bonchev–Trinajstić information content (AvgIpc) is 2.51. The zero-order valence-corrected chi connectivity index (χ0v) is 13.5. The number of amides is 1. The summed E-state index contributed by atoms with van der Waals surface area (Å²) >= 11 is 6.17. The summed E-state index contributed by atoms with van der Waals surface area (Å²) in [5, 5.41) is 23.1. The summed E-state index contributed by atoms with van der Waals surface area (Å²) in [6.45, 7) is 0. The Labute approximate surface area is 136 Å². The van der Waals surface area contributed by atoms with Crippen LogP contribution in [0.1, 0.15) is 16.1 Å². The molecule has 0 radical (unpaired) electrons. The predicted molar refractivity (Wildman–Crippen MR) is 82.3 cm³/mol. The van der Waals surface area contributed by atoms with Crippen molar-refractivity contribution in [1.29, 1.82) is 0 Å². The van der Waals surface area contributed by atoms with Gasteiger partial charge in [-0.25, -0.2) is 10.4 Å². The van der Waals surface area contributed by atoms with Crippen LogP contribution in [0, 0.1) is 0 Å². The second kappa shape index (κ2) is 6.64. The molecule has 2 aromatic rings. The maximum Gasteiger partial charge on any atom is 0.291 e. The minimum Gasteiger partial charge on any atom is -0.506 e. The Kier molecular flexibility index (Phi) is 4.86. The lowest BCUT2D eigenvalue weighted by molar-refractivity contribution is 0.0949. The molecule has 0 atom stereocenters. The Morgan fingerprint density at radius 2 is 2.05 bits per heavy atom. The van der Waals surface area contributed by atoms with Crippen molar-refractivity contribution in [2.75, 3.05) is 0 Å². The fraction of sp³-hybridized carbons (Fsp3) is 0. The van der Waals surface area contributed by atoms with E-state index in [-0.39, 0.29) is 21.7 Å². The molecular weight excluding hydrogens is 408 g/mol. The number of aromatic hydroxyl groups is 2. The summed E-state index contributed by atoms with van der Waals surface area (Å²) < 4.78 is 0.493. The minimum absolute atomic E-state index is 0.118. The molecular formula is C12H8Br2N4O3. The summed E-state index contributed by atoms with van der Waals surface area (Å²) in [5.74, 6) is -0.864. The quantitative estimate of drug-likeness (QED) is 0.526. The second-order valence-electron chi connectivity index (χ2n) is 3.75. The van der Waals surface area contributed by atoms with Crippen molar-refractivity contribution in [2.45, 2.75) is 0 Å². The van der Waals surface area contributed by atoms with Gasteiger partial charge in [-0.05, 0) is 37.9 Å². The lowest BCUT2D eigenvalue weighted by atomic mass is 10.2. The zero-order chi connectivity index (χ0) is 15.4. The number of hydrogen-bond donors (Lipinski definition) is 3. The Morgan fingerprint density at radius 3 is 2.71 bits per heavy atom. The van der Waals surface area contributed by atoms with Crippen LogP contribution in [0.25, 0.3) is 0 Å². The molecule has 0 aliphatic rings. The highest BCUT2D eigenvalue weighted by molar-refractivity contribution is 9.11. The highest BCUT2D eigenvalue weighted by Gasteiger charge is 2.13. The average molecular weight is 416 g/mol. The third kappa shape index (κ3) is 3.56. The van der Waals surface area contributed by atoms with Crippen LogP contribution in [-0.4, -0.2) is 32.3 Å². The number of rotatable bonds is 3. The fourth-order valence-electron chi connectivity index (χ4n) is 1.35. The van der Waals surface area contributed by atoms with Gasteiger partial charge in [0, 0.05) is 18.0 Å². The number of carbonyl (C=O) groups excluding carboxylic acids is 1. The third-order valence-corrected chi connectivity index (χ3v) is 3.72. The minimum atomic E-state index is -0.532. The molecule has 1 heterocycles. The summed E-state index contributed by atoms with van der Waals surface area (Å²) in [6.07, 6.45) is 5.37. The van der Waals surface area contributed by atoms with Crippen molar-refractivity contribution in [3.05, 3.63) is 44.9 Å². The van der Waals surface area contributed by atoms with Crippen LogP contribution in [0.2, 0.25) is 0 Å². The number of aromatic nitrogens is 2. The van der Waals surface area contributed by atoms with E-state index in [1.165, 1.54) is 30.9 Å². The fourth-order valence-corrected chi connectivity index (χ4v) is 2.50. The van der Waals surface area contributed by atoms with Gasteiger partial charge in [-0.1, -0.05) is 0 Å². The van der Waals surface area contributed by atoms with Crippen LogP contribution in [-0.2, 0) is 0 Å². The summed E-state index contributed by atoms with van der Waals surface area (Å²) in [5.41, 5.74) is 2.67. The molecule has 9 heteroatoms. The number of benzene rings is 1. The number of phenolic OH excluding ortho intramolecular Hbond substituents is 2. The van der Waals surface area contributed by atoms with Crippen LogP contribution in [0.5, 0.6) is 11.5 Å². The van der Waals surface area contributed by atoms with Crippen LogP contribution in [0.4, 0.5) is 0 Å². The zero-order valence-electron chi connectivity index (χ0n) is 10.3. The van der Waals surface area contributed by atoms with E-state index >= 15 is 0 Å². The molecule has 2 rings (SSSR count). The largest absolute Gasteiger partial charge is 0.506 e. The number of nitrogens with one attached hydrogen (secondary N) is 1. The molecule has 108 valence electrons. The maximum atomic E-state index is 11.7. The molecule has 0 fully saturated rings. The van der Waals surface area contributed by atoms with Gasteiger partial charge < -0.3 is 10.2 Å². The van der Waals surface area contributed by atoms with Gasteiger partial charge in [0.15, 0.2) is 0 Å². The summed E-state index contributed by atoms with van der Waals surface area (Å²) in [4.78, 5) is 19.2. The smallest absolute Gasteiger partial charge is 0.291 e. The van der Waals surface area contributed by atoms with Gasteiger partial charge in [-0.2, -0.15) is 5.10 Å². The first-order chi connectivity index (χ1) is 10.0. The number of hydrazone groups is 1. The van der Waals surface area contributed by atoms with Crippen molar-refractivity contribution in [2.24, 2.45) is 5.10 Å². The van der Waals surface area contributed by atoms with Crippen molar-refractivity contribution >= 4 is 44.0 Å². The molecule has 1 aromatic carbocycles. The SMILES string of the molecule is O=C(N/N=C/c1cc(Br)c(O)c(Br)c1O)c1cnccn1. The third-order valence-electron chi connectivity index (χ3n) is 2.36. The van der Waals surface area contributed by atoms with Gasteiger partial charge in [0.05, 0.1) is 16.9 Å². The number of nitrogens with zero attached hydrogens (tertiary/aromatic N) is 3. The molecule has 1 amide bonds. The van der Waals surface area contributed by atoms with E-state index in [2.05, 4.69) is 52.4 Å². The Hall–Kier alpha value is -2.00. The lowest BCUT2D eigenvalue weighted by Crippen LogP contribution is -2.19. The van der Waals surface area contributed by atoms with Gasteiger partial charge >= 0.3 is 0 Å². The van der Waals surface area contributed by atoms with Gasteiger partial charge in [-0.15, -0.1) is 0 Å². The molecule has 3 N–H and O–H groups in total. The number of halogens is 2. The van der Waals surface area contributed by atoms with Crippen LogP contribution in [0.3, 0.4) is 0 Å². The Bertz CT molecular complexity index is 707. The van der Waals surface area contributed by atoms with Crippen LogP contribution < -0.4 is 5.43 Å². The van der Waals surface area contributed by atoms with Crippen LogP contribution in [0.15, 0.2) is 38.7 Å². The highest BCUT2D eigenvalue weighted by Crippen LogP contribution is 2.40. The van der Waals surface area contributed by atoms with E-state index in [9.17, 15) is 15.0 Å². The van der Waals surface area contributed by atoms with E-state index in [0.29, 0.717) is 10.0 Å². The Balaban J connectivity index is 2.14. The molecule has 0 unspecified atom stereocenters. The lowest BCUT2D eigenvalue weighted by Gasteiger charge is -2.06. The van der Waals surface area contributed by atoms with Crippen molar-refractivity contribution in [3.8, 4) is 11.5 Å². The molecule has 0 spiro atoms. The van der Waals surface area contributed by atoms with E-state index < -0.39 is 5.91 Å². The second-order valence-corrected chi connectivity index (χ2v) is 5.40. The maximum absolute atomic E-state index is 11.7. The van der Waals surface area contributed by atoms with Gasteiger partial charge in [-0.3, -0.25) is 9.78 Å². The number of phenols is 2. The molecule has 7 nitrogen and oxygen atoms in total. The van der Waals surface area contributed by atoms with E-state index in [0.717, 1.165) is 0 Å². The molecule has 0 saturated carbocycles. The van der Waals surface area contributed by atoms with Crippen molar-refractivity contribution in [1.82, 2.24) is 15.4 Å². The van der Waals surface area contributed by atoms with Crippen molar-refractivity contribution < 1.29 is 15.0 Å². The first-order valence-corrected chi connectivity index (χ1v) is 7.08. The molecule has 0 aliphatic heterocycles. The van der Waals surface area contributed by atoms with E-state index in [1.807, 2.05) is 0 Å². The Morgan fingerprint density at radius 1 is 1.29 bits per heavy atom. The van der Waals surface area contributed by atoms with Gasteiger partial charge in [0.1, 0.15) is 21.7 Å². The predicted octanol–water partition coefficient (Wildman–Crippen LogP) is 2.18. The van der Waals surface area contributed by atoms with E-state index in [1.54, 1.807) is 0 Å². The standard InChI is InChI=1S/C12H8Br2N4O3/c13-7-3-6(10(19)9(14)11(7)20)4-17-18-12(21)8-5-15-1-2-16-8/h1-5,19-20H,(H,18,21)/b17-4+. The van der Waals surface area contributed by atoms with Gasteiger partial charge in [0.25, 0.3) is 5.91 Å². The number of hydrogen-bond acceptors (Lipinski definition) is 6. The molecule has 21 heavy (non-hydrogen) atoms. The monoisotopic (exact) mass is 414 g/mol. The molecule has 0 bridgehead atoms. The summed E-state index contributed by atoms with van der Waals surface area (Å²) in [7, 11) is 0. The summed E-state index contributed by atoms with van der Waals surface area (Å²) in [6, 6.07) is 1.45. The van der Waals surface area contributed by atoms with E-state index in [4.69, 9.17) is 0 Å². The first-order valence-electron chi connectivity index (χ1n) is 5.50. The van der Waals surface area contributed by atoms with Crippen molar-refractivity contribution in [3.63, 3.8) is 0 Å². The highest BCUT2D eigenvalue weighted by atomic mass is 79.9. The van der Waals surface area contributed by atoms with Gasteiger partial charge in [0.2, 0.25) is 0 Å². The molecule has 0 aliphatic carbocycles.